The average molecular weight is 395 g/mol. The number of nitrogens with zero attached hydrogens (tertiary/aromatic N) is 3. The normalized spacial score (nSPS) is 20.6. The molecule has 0 aromatic carbocycles. The molecule has 28 heavy (non-hydrogen) atoms. The highest BCUT2D eigenvalue weighted by Gasteiger charge is 2.31. The largest absolute Gasteiger partial charge is 0.444 e. The van der Waals surface area contributed by atoms with Gasteiger partial charge in [-0.25, -0.2) is 10.6 Å². The van der Waals surface area contributed by atoms with Crippen LogP contribution in [0.25, 0.3) is 0 Å². The van der Waals surface area contributed by atoms with Crippen molar-refractivity contribution in [2.45, 2.75) is 78.1 Å². The van der Waals surface area contributed by atoms with Crippen LogP contribution in [0.3, 0.4) is 0 Å². The molecule has 0 aliphatic carbocycles. The van der Waals surface area contributed by atoms with E-state index in [9.17, 15) is 9.59 Å². The molecule has 2 unspecified atom stereocenters. The summed E-state index contributed by atoms with van der Waals surface area (Å²) in [6, 6.07) is 0.312. The van der Waals surface area contributed by atoms with Crippen LogP contribution in [-0.4, -0.2) is 45.5 Å². The molecule has 2 amide bonds. The summed E-state index contributed by atoms with van der Waals surface area (Å²) in [7, 11) is 0. The highest BCUT2D eigenvalue weighted by atomic mass is 16.6. The lowest BCUT2D eigenvalue weighted by atomic mass is 9.92. The first kappa shape index (κ1) is 22.0. The van der Waals surface area contributed by atoms with Crippen LogP contribution in [0.1, 0.15) is 54.4 Å². The van der Waals surface area contributed by atoms with E-state index in [4.69, 9.17) is 10.6 Å². The third-order valence-electron chi connectivity index (χ3n) is 4.74. The summed E-state index contributed by atoms with van der Waals surface area (Å²) in [6.45, 7) is 12.6. The van der Waals surface area contributed by atoms with Crippen LogP contribution in [-0.2, 0) is 16.1 Å². The number of hydrogen-bond acceptors (Lipinski definition) is 6. The first-order chi connectivity index (χ1) is 12.9. The van der Waals surface area contributed by atoms with Gasteiger partial charge in [-0.15, -0.1) is 0 Å². The standard InChI is InChI=1S/C19H34N6O3/c1-13-7-8-14(16(26)23-20)10-25(13)15-9-21-24(11-15)12-19(5,6)22-17(27)28-18(2,3)4/h9,11,13-14H,7-8,10,12,20H2,1-6H3,(H,22,27)(H,23,26). The zero-order valence-corrected chi connectivity index (χ0v) is 17.8. The minimum atomic E-state index is -0.546. The molecule has 0 bridgehead atoms. The molecule has 1 aliphatic rings. The number of hydrazine groups is 1. The Balaban J connectivity index is 2.02. The highest BCUT2D eigenvalue weighted by Crippen LogP contribution is 2.27. The van der Waals surface area contributed by atoms with E-state index in [1.165, 1.54) is 0 Å². The van der Waals surface area contributed by atoms with E-state index in [0.29, 0.717) is 19.1 Å². The van der Waals surface area contributed by atoms with Crippen molar-refractivity contribution in [3.05, 3.63) is 12.4 Å². The molecule has 4 N–H and O–H groups in total. The predicted molar refractivity (Wildman–Crippen MR) is 108 cm³/mol. The first-order valence-electron chi connectivity index (χ1n) is 9.71. The number of carbonyl (C=O) groups is 2. The maximum Gasteiger partial charge on any atom is 0.408 e. The number of nitrogens with two attached hydrogens (primary N) is 1. The lowest BCUT2D eigenvalue weighted by molar-refractivity contribution is -0.125. The number of alkyl carbamates (subject to hydrolysis) is 1. The molecule has 9 nitrogen and oxygen atoms in total. The van der Waals surface area contributed by atoms with E-state index >= 15 is 0 Å². The summed E-state index contributed by atoms with van der Waals surface area (Å²) >= 11 is 0. The van der Waals surface area contributed by atoms with Gasteiger partial charge in [0.05, 0.1) is 29.9 Å². The zero-order chi connectivity index (χ0) is 21.1. The van der Waals surface area contributed by atoms with Gasteiger partial charge in [0.2, 0.25) is 5.91 Å². The smallest absolute Gasteiger partial charge is 0.408 e. The fourth-order valence-electron chi connectivity index (χ4n) is 3.41. The summed E-state index contributed by atoms with van der Waals surface area (Å²) in [4.78, 5) is 26.2. The molecule has 1 aromatic heterocycles. The summed E-state index contributed by atoms with van der Waals surface area (Å²) < 4.78 is 7.13. The molecule has 1 aliphatic heterocycles. The van der Waals surface area contributed by atoms with E-state index in [2.05, 4.69) is 27.7 Å². The minimum Gasteiger partial charge on any atom is -0.444 e. The number of rotatable bonds is 5. The average Bonchev–Trinajstić information content (AvgIpc) is 2.99. The lowest BCUT2D eigenvalue weighted by Gasteiger charge is -2.38. The zero-order valence-electron chi connectivity index (χ0n) is 17.8. The van der Waals surface area contributed by atoms with Gasteiger partial charge in [-0.3, -0.25) is 14.9 Å². The van der Waals surface area contributed by atoms with E-state index in [-0.39, 0.29) is 11.8 Å². The summed E-state index contributed by atoms with van der Waals surface area (Å²) in [5, 5.41) is 7.33. The van der Waals surface area contributed by atoms with Crippen LogP contribution in [0.2, 0.25) is 0 Å². The molecule has 2 atom stereocenters. The molecule has 1 fully saturated rings. The van der Waals surface area contributed by atoms with Gasteiger partial charge in [0.25, 0.3) is 0 Å². The molecule has 1 saturated heterocycles. The predicted octanol–water partition coefficient (Wildman–Crippen LogP) is 1.78. The van der Waals surface area contributed by atoms with Crippen LogP contribution in [0, 0.1) is 5.92 Å². The Bertz CT molecular complexity index is 694. The van der Waals surface area contributed by atoms with Gasteiger partial charge in [0, 0.05) is 18.8 Å². The third-order valence-corrected chi connectivity index (χ3v) is 4.74. The van der Waals surface area contributed by atoms with Crippen molar-refractivity contribution in [3.63, 3.8) is 0 Å². The molecule has 0 radical (unpaired) electrons. The van der Waals surface area contributed by atoms with Crippen LogP contribution >= 0.6 is 0 Å². The Morgan fingerprint density at radius 1 is 1.29 bits per heavy atom. The van der Waals surface area contributed by atoms with Gasteiger partial charge in [-0.05, 0) is 54.4 Å². The van der Waals surface area contributed by atoms with Gasteiger partial charge in [0.1, 0.15) is 5.60 Å². The Morgan fingerprint density at radius 3 is 2.57 bits per heavy atom. The molecular formula is C19H34N6O3. The maximum atomic E-state index is 12.1. The number of amides is 2. The Hall–Kier alpha value is -2.29. The summed E-state index contributed by atoms with van der Waals surface area (Å²) in [6.07, 6.45) is 5.02. The summed E-state index contributed by atoms with van der Waals surface area (Å²) in [5.41, 5.74) is 2.12. The van der Waals surface area contributed by atoms with E-state index in [1.807, 2.05) is 40.8 Å². The minimum absolute atomic E-state index is 0.130. The molecule has 1 aromatic rings. The van der Waals surface area contributed by atoms with Crippen molar-refractivity contribution in [3.8, 4) is 0 Å². The van der Waals surface area contributed by atoms with Crippen molar-refractivity contribution in [2.75, 3.05) is 11.4 Å². The van der Waals surface area contributed by atoms with Crippen LogP contribution in [0.5, 0.6) is 0 Å². The van der Waals surface area contributed by atoms with Crippen molar-refractivity contribution in [2.24, 2.45) is 11.8 Å². The topological polar surface area (TPSA) is 115 Å². The second kappa shape index (κ2) is 8.38. The van der Waals surface area contributed by atoms with Crippen molar-refractivity contribution < 1.29 is 14.3 Å². The molecule has 9 heteroatoms. The van der Waals surface area contributed by atoms with Crippen molar-refractivity contribution >= 4 is 17.7 Å². The van der Waals surface area contributed by atoms with Crippen LogP contribution in [0.4, 0.5) is 10.5 Å². The number of aromatic nitrogens is 2. The summed E-state index contributed by atoms with van der Waals surface area (Å²) in [5.74, 6) is 5.03. The highest BCUT2D eigenvalue weighted by molar-refractivity contribution is 5.79. The van der Waals surface area contributed by atoms with Gasteiger partial charge in [-0.1, -0.05) is 0 Å². The molecule has 2 heterocycles. The second-order valence-corrected chi connectivity index (χ2v) is 9.19. The van der Waals surface area contributed by atoms with E-state index in [1.54, 1.807) is 10.9 Å². The molecule has 0 saturated carbocycles. The van der Waals surface area contributed by atoms with Crippen LogP contribution in [0.15, 0.2) is 12.4 Å². The van der Waals surface area contributed by atoms with Crippen LogP contribution < -0.4 is 21.5 Å². The maximum absolute atomic E-state index is 12.1. The van der Waals surface area contributed by atoms with Crippen molar-refractivity contribution in [1.82, 2.24) is 20.5 Å². The van der Waals surface area contributed by atoms with E-state index in [0.717, 1.165) is 18.5 Å². The van der Waals surface area contributed by atoms with Gasteiger partial charge in [0.15, 0.2) is 0 Å². The van der Waals surface area contributed by atoms with Gasteiger partial charge >= 0.3 is 6.09 Å². The fourth-order valence-corrected chi connectivity index (χ4v) is 3.41. The SMILES string of the molecule is CC1CCC(C(=O)NN)CN1c1cnn(CC(C)(C)NC(=O)OC(C)(C)C)c1. The molecule has 158 valence electrons. The molecule has 0 spiro atoms. The Kier molecular flexibility index (Phi) is 6.59. The monoisotopic (exact) mass is 394 g/mol. The number of piperidine rings is 1. The van der Waals surface area contributed by atoms with Gasteiger partial charge in [-0.2, -0.15) is 5.10 Å². The number of nitrogens with one attached hydrogen (secondary N) is 2. The van der Waals surface area contributed by atoms with Gasteiger partial charge < -0.3 is 15.0 Å². The Morgan fingerprint density at radius 2 is 1.96 bits per heavy atom. The number of anilines is 1. The lowest BCUT2D eigenvalue weighted by Crippen LogP contribution is -2.48. The fraction of sp³-hybridized carbons (Fsp3) is 0.737. The number of ether oxygens (including phenoxy) is 1. The van der Waals surface area contributed by atoms with Crippen molar-refractivity contribution in [1.29, 1.82) is 0 Å². The Labute approximate surface area is 166 Å². The molecule has 2 rings (SSSR count). The third kappa shape index (κ3) is 6.12. The first-order valence-corrected chi connectivity index (χ1v) is 9.71. The number of carbonyl (C=O) groups excluding carboxylic acids is 2. The molecular weight excluding hydrogens is 360 g/mol. The number of hydrogen-bond donors (Lipinski definition) is 3. The second-order valence-electron chi connectivity index (χ2n) is 9.19. The van der Waals surface area contributed by atoms with E-state index < -0.39 is 17.2 Å². The quantitative estimate of drug-likeness (QED) is 0.398.